The van der Waals surface area contributed by atoms with E-state index in [2.05, 4.69) is 15.3 Å². The summed E-state index contributed by atoms with van der Waals surface area (Å²) in [5.41, 5.74) is 1.71. The maximum atomic E-state index is 6.17. The van der Waals surface area contributed by atoms with Crippen molar-refractivity contribution in [3.63, 3.8) is 0 Å². The normalized spacial score (nSPS) is 10.9. The summed E-state index contributed by atoms with van der Waals surface area (Å²) in [6.07, 6.45) is 1.75. The van der Waals surface area contributed by atoms with E-state index in [1.54, 1.807) is 19.4 Å². The summed E-state index contributed by atoms with van der Waals surface area (Å²) in [5.74, 6) is 0.849. The van der Waals surface area contributed by atoms with Crippen molar-refractivity contribution < 1.29 is 4.74 Å². The van der Waals surface area contributed by atoms with Crippen molar-refractivity contribution in [2.24, 2.45) is 0 Å². The van der Waals surface area contributed by atoms with Gasteiger partial charge in [-0.2, -0.15) is 0 Å². The number of nitrogens with zero attached hydrogens (tertiary/aromatic N) is 1. The van der Waals surface area contributed by atoms with Gasteiger partial charge in [-0.3, -0.25) is 0 Å². The number of rotatable bonds is 6. The Bertz CT molecular complexity index is 542. The Balaban J connectivity index is 2.06. The monoisotopic (exact) mass is 299 g/mol. The van der Waals surface area contributed by atoms with Gasteiger partial charge < -0.3 is 15.0 Å². The van der Waals surface area contributed by atoms with Gasteiger partial charge >= 0.3 is 0 Å². The highest BCUT2D eigenvalue weighted by Crippen LogP contribution is 2.32. The highest BCUT2D eigenvalue weighted by Gasteiger charge is 2.09. The number of halogens is 2. The molecule has 4 nitrogen and oxygen atoms in total. The second kappa shape index (κ2) is 6.91. The van der Waals surface area contributed by atoms with Crippen molar-refractivity contribution in [3.8, 4) is 11.3 Å². The van der Waals surface area contributed by atoms with Crippen LogP contribution in [0.15, 0.2) is 24.4 Å². The maximum Gasteiger partial charge on any atom is 0.120 e. The van der Waals surface area contributed by atoms with Crippen molar-refractivity contribution in [3.05, 3.63) is 40.3 Å². The van der Waals surface area contributed by atoms with E-state index in [-0.39, 0.29) is 0 Å². The van der Waals surface area contributed by atoms with Crippen LogP contribution in [-0.4, -0.2) is 30.2 Å². The molecule has 0 bridgehead atoms. The molecule has 0 aliphatic carbocycles. The van der Waals surface area contributed by atoms with Crippen LogP contribution in [0.4, 0.5) is 0 Å². The smallest absolute Gasteiger partial charge is 0.120 e. The van der Waals surface area contributed by atoms with Crippen LogP contribution in [-0.2, 0) is 11.3 Å². The van der Waals surface area contributed by atoms with E-state index in [0.29, 0.717) is 23.2 Å². The Morgan fingerprint density at radius 2 is 2.21 bits per heavy atom. The molecule has 2 aromatic rings. The van der Waals surface area contributed by atoms with Crippen LogP contribution in [0.25, 0.3) is 11.3 Å². The molecule has 1 aromatic carbocycles. The van der Waals surface area contributed by atoms with Crippen LogP contribution >= 0.6 is 23.2 Å². The number of H-pyrrole nitrogens is 1. The third-order valence-electron chi connectivity index (χ3n) is 2.65. The molecule has 6 heteroatoms. The van der Waals surface area contributed by atoms with E-state index in [1.165, 1.54) is 0 Å². The Morgan fingerprint density at radius 3 is 3.00 bits per heavy atom. The molecule has 0 amide bonds. The van der Waals surface area contributed by atoms with E-state index in [9.17, 15) is 0 Å². The van der Waals surface area contributed by atoms with Crippen molar-refractivity contribution in [1.82, 2.24) is 15.3 Å². The molecule has 2 N–H and O–H groups in total. The molecule has 0 atom stereocenters. The van der Waals surface area contributed by atoms with Crippen LogP contribution < -0.4 is 5.32 Å². The Kier molecular flexibility index (Phi) is 5.22. The molecule has 0 saturated heterocycles. The van der Waals surface area contributed by atoms with E-state index in [4.69, 9.17) is 27.9 Å². The van der Waals surface area contributed by atoms with Crippen molar-refractivity contribution in [1.29, 1.82) is 0 Å². The minimum atomic E-state index is 0.534. The molecule has 0 fully saturated rings. The molecular weight excluding hydrogens is 285 g/mol. The summed E-state index contributed by atoms with van der Waals surface area (Å²) in [6.45, 7) is 2.11. The fourth-order valence-corrected chi connectivity index (χ4v) is 2.08. The summed E-state index contributed by atoms with van der Waals surface area (Å²) in [6, 6.07) is 5.53. The first-order valence-corrected chi connectivity index (χ1v) is 6.66. The molecule has 2 rings (SSSR count). The first-order valence-electron chi connectivity index (χ1n) is 5.90. The second-order valence-electron chi connectivity index (χ2n) is 4.01. The van der Waals surface area contributed by atoms with Gasteiger partial charge in [-0.05, 0) is 6.07 Å². The van der Waals surface area contributed by atoms with Gasteiger partial charge in [0.05, 0.1) is 35.1 Å². The lowest BCUT2D eigenvalue weighted by Gasteiger charge is -2.03. The SMILES string of the molecule is COCCNCc1ncc(-c2cccc(Cl)c2Cl)[nH]1. The third-order valence-corrected chi connectivity index (χ3v) is 3.46. The van der Waals surface area contributed by atoms with Crippen LogP contribution in [0.2, 0.25) is 10.0 Å². The van der Waals surface area contributed by atoms with Crippen LogP contribution in [0, 0.1) is 0 Å². The number of benzene rings is 1. The van der Waals surface area contributed by atoms with Gasteiger partial charge in [-0.1, -0.05) is 35.3 Å². The molecule has 0 spiro atoms. The van der Waals surface area contributed by atoms with Gasteiger partial charge in [0, 0.05) is 19.2 Å². The van der Waals surface area contributed by atoms with Gasteiger partial charge in [0.15, 0.2) is 0 Å². The van der Waals surface area contributed by atoms with Gasteiger partial charge in [-0.25, -0.2) is 4.98 Å². The van der Waals surface area contributed by atoms with E-state index < -0.39 is 0 Å². The quantitative estimate of drug-likeness (QED) is 0.806. The summed E-state index contributed by atoms with van der Waals surface area (Å²) >= 11 is 12.2. The highest BCUT2D eigenvalue weighted by atomic mass is 35.5. The summed E-state index contributed by atoms with van der Waals surface area (Å²) in [7, 11) is 1.67. The zero-order valence-corrected chi connectivity index (χ0v) is 12.1. The molecule has 0 unspecified atom stereocenters. The van der Waals surface area contributed by atoms with E-state index >= 15 is 0 Å². The van der Waals surface area contributed by atoms with Crippen molar-refractivity contribution >= 4 is 23.2 Å². The van der Waals surface area contributed by atoms with Gasteiger partial charge in [0.2, 0.25) is 0 Å². The number of hydrogen-bond acceptors (Lipinski definition) is 3. The molecule has 0 saturated carbocycles. The van der Waals surface area contributed by atoms with Crippen molar-refractivity contribution in [2.45, 2.75) is 6.54 Å². The zero-order chi connectivity index (χ0) is 13.7. The molecule has 0 aliphatic heterocycles. The van der Waals surface area contributed by atoms with Crippen LogP contribution in [0.5, 0.6) is 0 Å². The fraction of sp³-hybridized carbons (Fsp3) is 0.308. The van der Waals surface area contributed by atoms with Crippen LogP contribution in [0.1, 0.15) is 5.82 Å². The number of hydrogen-bond donors (Lipinski definition) is 2. The third kappa shape index (κ3) is 3.70. The Morgan fingerprint density at radius 1 is 1.37 bits per heavy atom. The standard InChI is InChI=1S/C13H15Cl2N3O/c1-19-6-5-16-8-12-17-7-11(18-12)9-3-2-4-10(14)13(9)15/h2-4,7,16H,5-6,8H2,1H3,(H,17,18). The summed E-state index contributed by atoms with van der Waals surface area (Å²) in [4.78, 5) is 7.52. The lowest BCUT2D eigenvalue weighted by Crippen LogP contribution is -2.19. The number of nitrogens with one attached hydrogen (secondary N) is 2. The largest absolute Gasteiger partial charge is 0.383 e. The average molecular weight is 300 g/mol. The minimum absolute atomic E-state index is 0.534. The highest BCUT2D eigenvalue weighted by molar-refractivity contribution is 6.43. The topological polar surface area (TPSA) is 49.9 Å². The maximum absolute atomic E-state index is 6.17. The Labute approximate surface area is 122 Å². The van der Waals surface area contributed by atoms with Crippen molar-refractivity contribution in [2.75, 3.05) is 20.3 Å². The molecule has 0 radical (unpaired) electrons. The average Bonchev–Trinajstić information content (AvgIpc) is 2.87. The van der Waals surface area contributed by atoms with Crippen LogP contribution in [0.3, 0.4) is 0 Å². The number of ether oxygens (including phenoxy) is 1. The molecule has 19 heavy (non-hydrogen) atoms. The number of methoxy groups -OCH3 is 1. The first-order chi connectivity index (χ1) is 9.22. The molecule has 1 heterocycles. The van der Waals surface area contributed by atoms with E-state index in [0.717, 1.165) is 23.6 Å². The number of aromatic nitrogens is 2. The first kappa shape index (κ1) is 14.3. The lowest BCUT2D eigenvalue weighted by molar-refractivity contribution is 0.199. The second-order valence-corrected chi connectivity index (χ2v) is 4.80. The fourth-order valence-electron chi connectivity index (χ4n) is 1.68. The zero-order valence-electron chi connectivity index (χ0n) is 10.5. The minimum Gasteiger partial charge on any atom is -0.383 e. The summed E-state index contributed by atoms with van der Waals surface area (Å²) < 4.78 is 4.96. The number of imidazole rings is 1. The van der Waals surface area contributed by atoms with Gasteiger partial charge in [-0.15, -0.1) is 0 Å². The Hall–Kier alpha value is -1.07. The van der Waals surface area contributed by atoms with Gasteiger partial charge in [0.25, 0.3) is 0 Å². The molecular formula is C13H15Cl2N3O. The molecule has 0 aliphatic rings. The molecule has 1 aromatic heterocycles. The van der Waals surface area contributed by atoms with Gasteiger partial charge in [0.1, 0.15) is 5.82 Å². The predicted molar refractivity (Wildman–Crippen MR) is 77.6 cm³/mol. The predicted octanol–water partition coefficient (Wildman–Crippen LogP) is 3.12. The summed E-state index contributed by atoms with van der Waals surface area (Å²) in [5, 5.41) is 4.29. The molecule has 102 valence electrons. The van der Waals surface area contributed by atoms with E-state index in [1.807, 2.05) is 12.1 Å². The number of aromatic amines is 1. The lowest BCUT2D eigenvalue weighted by atomic mass is 10.2.